The van der Waals surface area contributed by atoms with E-state index in [0.717, 1.165) is 38.0 Å². The summed E-state index contributed by atoms with van der Waals surface area (Å²) >= 11 is 6.36. The zero-order chi connectivity index (χ0) is 12.7. The molecule has 0 spiro atoms. The van der Waals surface area contributed by atoms with Gasteiger partial charge in [0.1, 0.15) is 5.82 Å². The van der Waals surface area contributed by atoms with Crippen LogP contribution < -0.4 is 0 Å². The van der Waals surface area contributed by atoms with Crippen molar-refractivity contribution in [3.05, 3.63) is 35.6 Å². The van der Waals surface area contributed by atoms with Crippen molar-refractivity contribution in [2.24, 2.45) is 0 Å². The van der Waals surface area contributed by atoms with Crippen molar-refractivity contribution in [3.8, 4) is 0 Å². The van der Waals surface area contributed by atoms with E-state index in [0.29, 0.717) is 0 Å². The van der Waals surface area contributed by atoms with Crippen LogP contribution in [0.15, 0.2) is 24.3 Å². The van der Waals surface area contributed by atoms with E-state index in [9.17, 15) is 4.39 Å². The molecule has 1 atom stereocenters. The molecule has 1 aromatic rings. The second kappa shape index (κ2) is 7.67. The van der Waals surface area contributed by atoms with Crippen molar-refractivity contribution in [2.45, 2.75) is 32.1 Å². The molecule has 1 aromatic carbocycles. The van der Waals surface area contributed by atoms with E-state index in [2.05, 4.69) is 18.7 Å². The third-order valence-electron chi connectivity index (χ3n) is 2.73. The Morgan fingerprint density at radius 3 is 2.12 bits per heavy atom. The summed E-state index contributed by atoms with van der Waals surface area (Å²) in [5, 5.41) is -0.0614. The second-order valence-corrected chi connectivity index (χ2v) is 4.85. The average Bonchev–Trinajstić information content (AvgIpc) is 2.30. The summed E-state index contributed by atoms with van der Waals surface area (Å²) in [6.45, 7) is 7.30. The highest BCUT2D eigenvalue weighted by Gasteiger charge is 2.12. The van der Waals surface area contributed by atoms with E-state index in [-0.39, 0.29) is 11.2 Å². The monoisotopic (exact) mass is 257 g/mol. The molecular formula is C14H21ClFN. The van der Waals surface area contributed by atoms with E-state index >= 15 is 0 Å². The van der Waals surface area contributed by atoms with Gasteiger partial charge in [-0.25, -0.2) is 4.39 Å². The first kappa shape index (κ1) is 14.5. The van der Waals surface area contributed by atoms with Crippen LogP contribution in [0.2, 0.25) is 0 Å². The Bertz CT molecular complexity index is 307. The van der Waals surface area contributed by atoms with Gasteiger partial charge in [-0.15, -0.1) is 11.6 Å². The van der Waals surface area contributed by atoms with Crippen LogP contribution in [-0.4, -0.2) is 24.5 Å². The lowest BCUT2D eigenvalue weighted by molar-refractivity contribution is 0.275. The van der Waals surface area contributed by atoms with Gasteiger partial charge in [0.15, 0.2) is 0 Å². The van der Waals surface area contributed by atoms with Crippen LogP contribution in [-0.2, 0) is 0 Å². The summed E-state index contributed by atoms with van der Waals surface area (Å²) in [7, 11) is 0. The molecule has 0 saturated heterocycles. The Kier molecular flexibility index (Phi) is 6.53. The Morgan fingerprint density at radius 1 is 1.12 bits per heavy atom. The van der Waals surface area contributed by atoms with Gasteiger partial charge in [0.25, 0.3) is 0 Å². The van der Waals surface area contributed by atoms with Crippen LogP contribution in [0.25, 0.3) is 0 Å². The van der Waals surface area contributed by atoms with Crippen LogP contribution >= 0.6 is 11.6 Å². The summed E-state index contributed by atoms with van der Waals surface area (Å²) in [4.78, 5) is 2.36. The Labute approximate surface area is 109 Å². The maximum atomic E-state index is 12.8. The number of benzene rings is 1. The molecule has 0 heterocycles. The van der Waals surface area contributed by atoms with Crippen LogP contribution in [0, 0.1) is 5.82 Å². The summed E-state index contributed by atoms with van der Waals surface area (Å²) in [5.74, 6) is -0.211. The van der Waals surface area contributed by atoms with Gasteiger partial charge < -0.3 is 4.90 Å². The van der Waals surface area contributed by atoms with Crippen molar-refractivity contribution < 1.29 is 4.39 Å². The van der Waals surface area contributed by atoms with Crippen LogP contribution in [0.1, 0.15) is 37.6 Å². The Morgan fingerprint density at radius 2 is 1.65 bits per heavy atom. The van der Waals surface area contributed by atoms with E-state index in [4.69, 9.17) is 11.6 Å². The maximum Gasteiger partial charge on any atom is 0.123 e. The molecule has 17 heavy (non-hydrogen) atoms. The summed E-state index contributed by atoms with van der Waals surface area (Å²) in [6, 6.07) is 6.47. The standard InChI is InChI=1S/C14H21ClFN/c1-3-9-17(10-4-2)11-14(15)12-5-7-13(16)8-6-12/h5-8,14H,3-4,9-11H2,1-2H3. The fraction of sp³-hybridized carbons (Fsp3) is 0.571. The topological polar surface area (TPSA) is 3.24 Å². The first-order valence-electron chi connectivity index (χ1n) is 6.29. The quantitative estimate of drug-likeness (QED) is 0.661. The lowest BCUT2D eigenvalue weighted by Crippen LogP contribution is -2.28. The molecule has 3 heteroatoms. The van der Waals surface area contributed by atoms with Crippen molar-refractivity contribution in [1.82, 2.24) is 4.90 Å². The minimum absolute atomic E-state index is 0.0614. The van der Waals surface area contributed by atoms with E-state index in [1.165, 1.54) is 12.1 Å². The largest absolute Gasteiger partial charge is 0.302 e. The number of halogens is 2. The predicted molar refractivity (Wildman–Crippen MR) is 72.0 cm³/mol. The fourth-order valence-corrected chi connectivity index (χ4v) is 2.27. The summed E-state index contributed by atoms with van der Waals surface area (Å²) in [6.07, 6.45) is 2.26. The third-order valence-corrected chi connectivity index (χ3v) is 3.12. The van der Waals surface area contributed by atoms with E-state index in [1.54, 1.807) is 12.1 Å². The third kappa shape index (κ3) is 5.05. The highest BCUT2D eigenvalue weighted by molar-refractivity contribution is 6.21. The van der Waals surface area contributed by atoms with Gasteiger partial charge in [0.05, 0.1) is 5.38 Å². The molecule has 96 valence electrons. The molecule has 0 aliphatic heterocycles. The molecule has 1 rings (SSSR count). The summed E-state index contributed by atoms with van der Waals surface area (Å²) in [5.41, 5.74) is 0.991. The van der Waals surface area contributed by atoms with Crippen molar-refractivity contribution in [2.75, 3.05) is 19.6 Å². The fourth-order valence-electron chi connectivity index (χ4n) is 1.93. The molecule has 0 aliphatic rings. The van der Waals surface area contributed by atoms with Gasteiger partial charge in [0, 0.05) is 6.54 Å². The van der Waals surface area contributed by atoms with Crippen LogP contribution in [0.3, 0.4) is 0 Å². The lowest BCUT2D eigenvalue weighted by atomic mass is 10.1. The smallest absolute Gasteiger partial charge is 0.123 e. The molecule has 0 aliphatic carbocycles. The number of rotatable bonds is 7. The second-order valence-electron chi connectivity index (χ2n) is 4.32. The first-order valence-corrected chi connectivity index (χ1v) is 6.72. The van der Waals surface area contributed by atoms with E-state index < -0.39 is 0 Å². The highest BCUT2D eigenvalue weighted by Crippen LogP contribution is 2.22. The molecule has 0 amide bonds. The molecule has 0 bridgehead atoms. The van der Waals surface area contributed by atoms with Crippen molar-refractivity contribution in [1.29, 1.82) is 0 Å². The van der Waals surface area contributed by atoms with Gasteiger partial charge >= 0.3 is 0 Å². The molecule has 0 radical (unpaired) electrons. The molecule has 0 N–H and O–H groups in total. The number of hydrogen-bond donors (Lipinski definition) is 0. The van der Waals surface area contributed by atoms with Gasteiger partial charge in [0.2, 0.25) is 0 Å². The lowest BCUT2D eigenvalue weighted by Gasteiger charge is -2.23. The molecule has 1 unspecified atom stereocenters. The zero-order valence-corrected chi connectivity index (χ0v) is 11.4. The molecule has 1 nitrogen and oxygen atoms in total. The Hall–Kier alpha value is -0.600. The molecule has 0 saturated carbocycles. The number of nitrogens with zero attached hydrogens (tertiary/aromatic N) is 1. The summed E-state index contributed by atoms with van der Waals surface area (Å²) < 4.78 is 12.8. The van der Waals surface area contributed by atoms with Gasteiger partial charge in [-0.1, -0.05) is 26.0 Å². The predicted octanol–water partition coefficient (Wildman–Crippen LogP) is 4.23. The minimum atomic E-state index is -0.211. The molecule has 0 fully saturated rings. The highest BCUT2D eigenvalue weighted by atomic mass is 35.5. The normalized spacial score (nSPS) is 13.0. The SMILES string of the molecule is CCCN(CCC)CC(Cl)c1ccc(F)cc1. The van der Waals surface area contributed by atoms with Crippen LogP contribution in [0.5, 0.6) is 0 Å². The van der Waals surface area contributed by atoms with Crippen LogP contribution in [0.4, 0.5) is 4.39 Å². The number of hydrogen-bond acceptors (Lipinski definition) is 1. The first-order chi connectivity index (χ1) is 8.17. The van der Waals surface area contributed by atoms with Gasteiger partial charge in [-0.2, -0.15) is 0 Å². The minimum Gasteiger partial charge on any atom is -0.302 e. The van der Waals surface area contributed by atoms with Crippen molar-refractivity contribution in [3.63, 3.8) is 0 Å². The van der Waals surface area contributed by atoms with E-state index in [1.807, 2.05) is 0 Å². The molecular weight excluding hydrogens is 237 g/mol. The number of alkyl halides is 1. The van der Waals surface area contributed by atoms with Crippen molar-refractivity contribution >= 4 is 11.6 Å². The Balaban J connectivity index is 2.56. The average molecular weight is 258 g/mol. The molecule has 0 aromatic heterocycles. The maximum absolute atomic E-state index is 12.8. The van der Waals surface area contributed by atoms with Gasteiger partial charge in [-0.3, -0.25) is 0 Å². The van der Waals surface area contributed by atoms with Gasteiger partial charge in [-0.05, 0) is 43.6 Å². The zero-order valence-electron chi connectivity index (χ0n) is 10.6.